The molecule has 11 heteroatoms. The summed E-state index contributed by atoms with van der Waals surface area (Å²) in [6.07, 6.45) is 1.90. The molecule has 8 nitrogen and oxygen atoms in total. The number of sulfonamides is 1. The van der Waals surface area contributed by atoms with Crippen molar-refractivity contribution in [3.63, 3.8) is 0 Å². The Morgan fingerprint density at radius 2 is 1.68 bits per heavy atom. The van der Waals surface area contributed by atoms with Crippen LogP contribution in [0.25, 0.3) is 0 Å². The zero-order valence-corrected chi connectivity index (χ0v) is 15.4. The molecular formula is C17H16F2N6O2S. The zero-order chi connectivity index (χ0) is 20.3. The fourth-order valence-corrected chi connectivity index (χ4v) is 2.85. The van der Waals surface area contributed by atoms with E-state index in [1.165, 1.54) is 18.2 Å². The molecule has 0 aliphatic carbocycles. The van der Waals surface area contributed by atoms with Crippen LogP contribution < -0.4 is 21.1 Å². The summed E-state index contributed by atoms with van der Waals surface area (Å²) in [6.45, 7) is 0. The first kappa shape index (κ1) is 19.3. The Balaban J connectivity index is 1.89. The number of benzene rings is 2. The molecule has 0 saturated carbocycles. The summed E-state index contributed by atoms with van der Waals surface area (Å²) < 4.78 is 53.4. The number of hydrogen-bond donors (Lipinski definition) is 4. The molecule has 1 heterocycles. The molecule has 0 aliphatic rings. The highest BCUT2D eigenvalue weighted by atomic mass is 32.2. The van der Waals surface area contributed by atoms with Gasteiger partial charge in [0.25, 0.3) is 0 Å². The molecule has 28 heavy (non-hydrogen) atoms. The third-order valence-electron chi connectivity index (χ3n) is 3.46. The highest BCUT2D eigenvalue weighted by Gasteiger charge is 2.13. The molecule has 1 aromatic heterocycles. The van der Waals surface area contributed by atoms with Crippen LogP contribution in [-0.2, 0) is 10.0 Å². The normalized spacial score (nSPS) is 11.1. The van der Waals surface area contributed by atoms with Crippen LogP contribution in [0.2, 0.25) is 0 Å². The molecule has 0 atom stereocenters. The molecule has 0 radical (unpaired) electrons. The van der Waals surface area contributed by atoms with Gasteiger partial charge in [-0.3, -0.25) is 4.72 Å². The van der Waals surface area contributed by atoms with E-state index in [1.807, 2.05) is 0 Å². The van der Waals surface area contributed by atoms with Crippen molar-refractivity contribution >= 4 is 44.5 Å². The second kappa shape index (κ2) is 7.64. The molecule has 3 rings (SSSR count). The number of nitrogens with one attached hydrogen (secondary N) is 3. The van der Waals surface area contributed by atoms with Crippen molar-refractivity contribution in [2.24, 2.45) is 0 Å². The first-order chi connectivity index (χ1) is 13.2. The lowest BCUT2D eigenvalue weighted by Crippen LogP contribution is -2.11. The van der Waals surface area contributed by atoms with Crippen molar-refractivity contribution in [1.29, 1.82) is 0 Å². The summed E-state index contributed by atoms with van der Waals surface area (Å²) >= 11 is 0. The van der Waals surface area contributed by atoms with Crippen molar-refractivity contribution in [2.45, 2.75) is 0 Å². The van der Waals surface area contributed by atoms with Gasteiger partial charge >= 0.3 is 0 Å². The van der Waals surface area contributed by atoms with Gasteiger partial charge < -0.3 is 16.4 Å². The van der Waals surface area contributed by atoms with E-state index < -0.39 is 21.7 Å². The van der Waals surface area contributed by atoms with Crippen LogP contribution in [0.3, 0.4) is 0 Å². The largest absolute Gasteiger partial charge is 0.399 e. The Kier molecular flexibility index (Phi) is 5.27. The lowest BCUT2D eigenvalue weighted by Gasteiger charge is -2.13. The van der Waals surface area contributed by atoms with Gasteiger partial charge in [0.15, 0.2) is 11.6 Å². The molecule has 0 aliphatic heterocycles. The molecule has 3 aromatic rings. The number of aromatic nitrogens is 2. The minimum atomic E-state index is -3.54. The summed E-state index contributed by atoms with van der Waals surface area (Å²) in [4.78, 5) is 7.76. The third kappa shape index (κ3) is 4.82. The van der Waals surface area contributed by atoms with E-state index >= 15 is 0 Å². The summed E-state index contributed by atoms with van der Waals surface area (Å²) in [5.74, 6) is -1.69. The van der Waals surface area contributed by atoms with E-state index in [0.717, 1.165) is 18.5 Å². The predicted octanol–water partition coefficient (Wildman–Crippen LogP) is 3.20. The molecule has 0 bridgehead atoms. The lowest BCUT2D eigenvalue weighted by atomic mass is 10.2. The van der Waals surface area contributed by atoms with Crippen LogP contribution in [0.15, 0.2) is 48.7 Å². The minimum absolute atomic E-state index is 0.0610. The van der Waals surface area contributed by atoms with Crippen molar-refractivity contribution in [1.82, 2.24) is 9.97 Å². The number of nitrogens with two attached hydrogens (primary N) is 1. The van der Waals surface area contributed by atoms with Crippen molar-refractivity contribution in [3.8, 4) is 0 Å². The fourth-order valence-electron chi connectivity index (χ4n) is 2.28. The summed E-state index contributed by atoms with van der Waals surface area (Å²) in [5, 5.41) is 5.34. The van der Waals surface area contributed by atoms with E-state index in [4.69, 9.17) is 5.73 Å². The maximum Gasteiger partial charge on any atom is 0.229 e. The molecular weight excluding hydrogens is 390 g/mol. The molecule has 0 fully saturated rings. The molecule has 2 aromatic carbocycles. The average Bonchev–Trinajstić information content (AvgIpc) is 2.60. The molecule has 146 valence electrons. The van der Waals surface area contributed by atoms with Gasteiger partial charge in [0.2, 0.25) is 16.0 Å². The van der Waals surface area contributed by atoms with Crippen LogP contribution in [0, 0.1) is 11.6 Å². The van der Waals surface area contributed by atoms with Gasteiger partial charge in [-0.05, 0) is 30.3 Å². The highest BCUT2D eigenvalue weighted by molar-refractivity contribution is 7.92. The van der Waals surface area contributed by atoms with Gasteiger partial charge in [-0.15, -0.1) is 0 Å². The summed E-state index contributed by atoms with van der Waals surface area (Å²) in [6, 6.07) is 10.3. The molecule has 5 N–H and O–H groups in total. The summed E-state index contributed by atoms with van der Waals surface area (Å²) in [5.41, 5.74) is 6.30. The van der Waals surface area contributed by atoms with Crippen LogP contribution >= 0.6 is 0 Å². The van der Waals surface area contributed by atoms with Crippen molar-refractivity contribution < 1.29 is 17.2 Å². The van der Waals surface area contributed by atoms with E-state index in [0.29, 0.717) is 0 Å². The van der Waals surface area contributed by atoms with Crippen molar-refractivity contribution in [3.05, 3.63) is 60.3 Å². The molecule has 0 spiro atoms. The Hall–Kier alpha value is -3.47. The maximum atomic E-state index is 14.2. The number of hydrogen-bond acceptors (Lipinski definition) is 7. The number of nitrogens with zero attached hydrogens (tertiary/aromatic N) is 2. The monoisotopic (exact) mass is 406 g/mol. The molecule has 0 unspecified atom stereocenters. The van der Waals surface area contributed by atoms with Crippen LogP contribution in [0.4, 0.5) is 43.3 Å². The number of halogens is 2. The van der Waals surface area contributed by atoms with Crippen molar-refractivity contribution in [2.75, 3.05) is 27.3 Å². The lowest BCUT2D eigenvalue weighted by molar-refractivity contribution is 0.607. The maximum absolute atomic E-state index is 14.2. The highest BCUT2D eigenvalue weighted by Crippen LogP contribution is 2.27. The van der Waals surface area contributed by atoms with E-state index in [1.54, 1.807) is 18.2 Å². The Morgan fingerprint density at radius 1 is 0.964 bits per heavy atom. The quantitative estimate of drug-likeness (QED) is 0.464. The topological polar surface area (TPSA) is 122 Å². The van der Waals surface area contributed by atoms with Gasteiger partial charge in [-0.1, -0.05) is 12.1 Å². The number of nitrogen functional groups attached to an aromatic ring is 1. The predicted molar refractivity (Wildman–Crippen MR) is 104 cm³/mol. The van der Waals surface area contributed by atoms with Crippen LogP contribution in [0.5, 0.6) is 0 Å². The smallest absolute Gasteiger partial charge is 0.229 e. The van der Waals surface area contributed by atoms with E-state index in [-0.39, 0.29) is 34.5 Å². The summed E-state index contributed by atoms with van der Waals surface area (Å²) in [7, 11) is -3.54. The first-order valence-corrected chi connectivity index (χ1v) is 9.79. The SMILES string of the molecule is CS(=O)(=O)Nc1ccccc1Nc1nc(Nc2ccc(N)cc2F)ncc1F. The first-order valence-electron chi connectivity index (χ1n) is 7.90. The zero-order valence-electron chi connectivity index (χ0n) is 14.6. The number of rotatable bonds is 6. The van der Waals surface area contributed by atoms with Crippen LogP contribution in [0.1, 0.15) is 0 Å². The van der Waals surface area contributed by atoms with E-state index in [9.17, 15) is 17.2 Å². The third-order valence-corrected chi connectivity index (χ3v) is 4.05. The Labute approximate surface area is 159 Å². The fraction of sp³-hybridized carbons (Fsp3) is 0.0588. The second-order valence-electron chi connectivity index (χ2n) is 5.80. The minimum Gasteiger partial charge on any atom is -0.399 e. The van der Waals surface area contributed by atoms with Gasteiger partial charge in [0.1, 0.15) is 5.82 Å². The van der Waals surface area contributed by atoms with Gasteiger partial charge in [0.05, 0.1) is 29.5 Å². The molecule has 0 amide bonds. The number of para-hydroxylation sites is 2. The standard InChI is InChI=1S/C17H16F2N6O2S/c1-28(26,27)25-15-5-3-2-4-14(15)22-16-12(19)9-21-17(24-16)23-13-7-6-10(20)8-11(13)18/h2-9,25H,20H2,1H3,(H2,21,22,23,24). The number of anilines is 6. The average molecular weight is 406 g/mol. The van der Waals surface area contributed by atoms with E-state index in [2.05, 4.69) is 25.3 Å². The Morgan fingerprint density at radius 3 is 2.36 bits per heavy atom. The van der Waals surface area contributed by atoms with Gasteiger partial charge in [0, 0.05) is 5.69 Å². The Bertz CT molecular complexity index is 1120. The van der Waals surface area contributed by atoms with Gasteiger partial charge in [-0.2, -0.15) is 4.98 Å². The van der Waals surface area contributed by atoms with Crippen LogP contribution in [-0.4, -0.2) is 24.6 Å². The van der Waals surface area contributed by atoms with Gasteiger partial charge in [-0.25, -0.2) is 22.2 Å². The second-order valence-corrected chi connectivity index (χ2v) is 7.55. The molecule has 0 saturated heterocycles.